The number of sulfonamides is 1. The van der Waals surface area contributed by atoms with Gasteiger partial charge in [-0.2, -0.15) is 4.98 Å². The summed E-state index contributed by atoms with van der Waals surface area (Å²) < 4.78 is 33.8. The molecule has 0 atom stereocenters. The van der Waals surface area contributed by atoms with Crippen LogP contribution in [-0.2, 0) is 10.0 Å². The first-order valence-corrected chi connectivity index (χ1v) is 11.6. The molecule has 11 nitrogen and oxygen atoms in total. The van der Waals surface area contributed by atoms with Gasteiger partial charge in [0, 0.05) is 22.9 Å². The number of halogens is 1. The van der Waals surface area contributed by atoms with Gasteiger partial charge in [0.2, 0.25) is 10.2 Å². The average molecular weight is 516 g/mol. The number of nitrogens with zero attached hydrogens (tertiary/aromatic N) is 3. The lowest BCUT2D eigenvalue weighted by molar-refractivity contribution is -0.384. The monoisotopic (exact) mass is 515 g/mol. The third-order valence-electron chi connectivity index (χ3n) is 4.93. The maximum atomic E-state index is 12.9. The van der Waals surface area contributed by atoms with Gasteiger partial charge in [0.15, 0.2) is 17.1 Å². The summed E-state index contributed by atoms with van der Waals surface area (Å²) in [6, 6.07) is 10.9. The van der Waals surface area contributed by atoms with E-state index in [4.69, 9.17) is 28.2 Å². The highest BCUT2D eigenvalue weighted by molar-refractivity contribution is 7.92. The number of benzene rings is 3. The summed E-state index contributed by atoms with van der Waals surface area (Å²) in [4.78, 5) is 33.8. The van der Waals surface area contributed by atoms with Crippen LogP contribution in [0.25, 0.3) is 33.5 Å². The lowest BCUT2D eigenvalue weighted by Crippen LogP contribution is -2.15. The molecular formula is C20H10ClN5O6S2. The van der Waals surface area contributed by atoms with E-state index in [1.165, 1.54) is 0 Å². The van der Waals surface area contributed by atoms with E-state index in [1.807, 2.05) is 0 Å². The number of hydrogen-bond acceptors (Lipinski definition) is 9. The summed E-state index contributed by atoms with van der Waals surface area (Å²) in [6.07, 6.45) is 0. The minimum absolute atomic E-state index is 0.0184. The van der Waals surface area contributed by atoms with Crippen molar-refractivity contribution in [2.75, 3.05) is 4.72 Å². The van der Waals surface area contributed by atoms with Crippen molar-refractivity contribution >= 4 is 67.3 Å². The van der Waals surface area contributed by atoms with Crippen molar-refractivity contribution in [2.45, 2.75) is 4.90 Å². The highest BCUT2D eigenvalue weighted by Crippen LogP contribution is 2.36. The first kappa shape index (κ1) is 21.9. The topological polar surface area (TPSA) is 161 Å². The average Bonchev–Trinajstić information content (AvgIpc) is 2.81. The van der Waals surface area contributed by atoms with Crippen LogP contribution in [0.15, 0.2) is 62.6 Å². The van der Waals surface area contributed by atoms with Crippen LogP contribution in [0.3, 0.4) is 0 Å². The smallest absolute Gasteiger partial charge is 0.269 e. The third kappa shape index (κ3) is 3.55. The lowest BCUT2D eigenvalue weighted by atomic mass is 10.0. The second-order valence-electron chi connectivity index (χ2n) is 7.01. The first-order valence-electron chi connectivity index (χ1n) is 9.38. The summed E-state index contributed by atoms with van der Waals surface area (Å²) >= 11 is 11.3. The molecule has 2 heterocycles. The normalized spacial score (nSPS) is 11.8. The van der Waals surface area contributed by atoms with E-state index >= 15 is 0 Å². The van der Waals surface area contributed by atoms with E-state index < -0.39 is 20.4 Å². The second-order valence-corrected chi connectivity index (χ2v) is 9.45. The lowest BCUT2D eigenvalue weighted by Gasteiger charge is -2.13. The van der Waals surface area contributed by atoms with E-state index in [-0.39, 0.29) is 48.9 Å². The largest absolute Gasteiger partial charge is 0.433 e. The molecule has 0 spiro atoms. The Balaban J connectivity index is 1.74. The van der Waals surface area contributed by atoms with Crippen molar-refractivity contribution < 1.29 is 17.8 Å². The van der Waals surface area contributed by atoms with Crippen LogP contribution in [0, 0.1) is 14.9 Å². The maximum Gasteiger partial charge on any atom is 0.269 e. The summed E-state index contributed by atoms with van der Waals surface area (Å²) in [5, 5.41) is 11.4. The van der Waals surface area contributed by atoms with Crippen molar-refractivity contribution in [3.8, 4) is 11.5 Å². The molecule has 0 saturated heterocycles. The quantitative estimate of drug-likeness (QED) is 0.117. The van der Waals surface area contributed by atoms with Crippen LogP contribution in [0.2, 0.25) is 5.02 Å². The molecule has 170 valence electrons. The van der Waals surface area contributed by atoms with E-state index in [0.29, 0.717) is 10.8 Å². The minimum Gasteiger partial charge on any atom is -0.433 e. The number of nitro benzene ring substituents is 1. The molecule has 34 heavy (non-hydrogen) atoms. The molecule has 2 aromatic carbocycles. The van der Waals surface area contributed by atoms with Gasteiger partial charge in [-0.3, -0.25) is 19.6 Å². The fraction of sp³-hybridized carbons (Fsp3) is 0. The van der Waals surface area contributed by atoms with E-state index in [1.54, 1.807) is 24.3 Å². The summed E-state index contributed by atoms with van der Waals surface area (Å²) in [7, 11) is -4.21. The molecule has 1 aliphatic heterocycles. The van der Waals surface area contributed by atoms with E-state index in [2.05, 4.69) is 19.7 Å². The highest BCUT2D eigenvalue weighted by atomic mass is 35.5. The Labute approximate surface area is 199 Å². The number of non-ortho nitro benzene ring substituents is 1. The maximum absolute atomic E-state index is 12.9. The van der Waals surface area contributed by atoms with Crippen molar-refractivity contribution in [1.82, 2.24) is 15.0 Å². The Morgan fingerprint density at radius 2 is 1.76 bits per heavy atom. The van der Waals surface area contributed by atoms with Crippen LogP contribution in [0.4, 0.5) is 11.5 Å². The third-order valence-corrected chi connectivity index (χ3v) is 6.83. The number of H-pyrrole nitrogens is 1. The van der Waals surface area contributed by atoms with Crippen LogP contribution < -0.4 is 10.2 Å². The number of hydrogen-bond donors (Lipinski definition) is 2. The summed E-state index contributed by atoms with van der Waals surface area (Å²) in [6.45, 7) is 0. The molecular weight excluding hydrogens is 506 g/mol. The van der Waals surface area contributed by atoms with Crippen LogP contribution in [0.1, 0.15) is 0 Å². The van der Waals surface area contributed by atoms with Crippen molar-refractivity contribution in [3.63, 3.8) is 0 Å². The molecule has 0 amide bonds. The molecule has 3 aromatic rings. The number of nitro groups is 1. The van der Waals surface area contributed by atoms with Crippen LogP contribution >= 0.6 is 23.8 Å². The van der Waals surface area contributed by atoms with Gasteiger partial charge in [0.25, 0.3) is 21.4 Å². The van der Waals surface area contributed by atoms with Crippen molar-refractivity contribution in [1.29, 1.82) is 0 Å². The van der Waals surface area contributed by atoms with E-state index in [0.717, 1.165) is 24.3 Å². The Morgan fingerprint density at radius 1 is 1.09 bits per heavy atom. The predicted octanol–water partition coefficient (Wildman–Crippen LogP) is 4.26. The van der Waals surface area contributed by atoms with Crippen molar-refractivity contribution in [3.05, 3.63) is 78.7 Å². The molecule has 2 N–H and O–H groups in total. The number of aromatic nitrogens is 3. The molecule has 1 aromatic heterocycles. The highest BCUT2D eigenvalue weighted by Gasteiger charge is 2.24. The SMILES string of the molecule is O=c1c(Cl)c2oc3nc(=S)[nH]c(NS(=O)(=O)c4ccc([N+](=O)[O-])cc4)c3nc-2c2ccccc12. The van der Waals surface area contributed by atoms with Gasteiger partial charge in [-0.05, 0) is 24.4 Å². The van der Waals surface area contributed by atoms with Gasteiger partial charge < -0.3 is 9.40 Å². The Morgan fingerprint density at radius 3 is 2.44 bits per heavy atom. The number of aromatic amines is 1. The van der Waals surface area contributed by atoms with Gasteiger partial charge in [-0.25, -0.2) is 13.4 Å². The van der Waals surface area contributed by atoms with Crippen LogP contribution in [-0.4, -0.2) is 28.3 Å². The number of anilines is 1. The molecule has 0 saturated carbocycles. The zero-order valence-corrected chi connectivity index (χ0v) is 19.0. The Bertz CT molecular complexity index is 1830. The predicted molar refractivity (Wildman–Crippen MR) is 126 cm³/mol. The van der Waals surface area contributed by atoms with Gasteiger partial charge in [-0.15, -0.1) is 0 Å². The molecule has 14 heteroatoms. The first-order chi connectivity index (χ1) is 16.2. The molecule has 5 rings (SSSR count). The molecule has 1 aliphatic carbocycles. The number of fused-ring (bicyclic) bond motifs is 4. The standard InChI is InChI=1S/C20H10ClN5O6S2/c21-13-16(27)12-4-2-1-3-11(12)14-17(13)32-19-15(22-14)18(23-20(33)24-19)25-34(30,31)10-7-5-9(6-8-10)26(28)29/h1-8H,(H2,23,24,25,33). The fourth-order valence-electron chi connectivity index (χ4n) is 3.38. The zero-order valence-electron chi connectivity index (χ0n) is 16.6. The Kier molecular flexibility index (Phi) is 5.04. The van der Waals surface area contributed by atoms with Crippen LogP contribution in [0.5, 0.6) is 0 Å². The van der Waals surface area contributed by atoms with E-state index in [9.17, 15) is 23.3 Å². The second kappa shape index (κ2) is 7.83. The summed E-state index contributed by atoms with van der Waals surface area (Å²) in [5.74, 6) is -0.166. The molecule has 0 unspecified atom stereocenters. The Hall–Kier alpha value is -3.94. The zero-order chi connectivity index (χ0) is 24.2. The minimum atomic E-state index is -4.21. The molecule has 0 bridgehead atoms. The van der Waals surface area contributed by atoms with Gasteiger partial charge in [-0.1, -0.05) is 35.9 Å². The fourth-order valence-corrected chi connectivity index (χ4v) is 4.83. The number of rotatable bonds is 4. The number of nitrogens with one attached hydrogen (secondary N) is 2. The van der Waals surface area contributed by atoms with Gasteiger partial charge >= 0.3 is 0 Å². The molecule has 0 fully saturated rings. The van der Waals surface area contributed by atoms with Crippen molar-refractivity contribution in [2.24, 2.45) is 0 Å². The van der Waals surface area contributed by atoms with Gasteiger partial charge in [0.1, 0.15) is 10.7 Å². The molecule has 0 radical (unpaired) electrons. The summed E-state index contributed by atoms with van der Waals surface area (Å²) in [5.41, 5.74) is -0.674. The molecule has 2 aliphatic rings. The van der Waals surface area contributed by atoms with Gasteiger partial charge in [0.05, 0.1) is 9.82 Å².